The molecule has 2 rings (SSSR count). The number of ketones is 1. The minimum atomic E-state index is 0.101. The number of Topliss-reactive ketones (excluding diaryl/α,β-unsaturated/α-hetero) is 1. The predicted molar refractivity (Wildman–Crippen MR) is 79.1 cm³/mol. The molecule has 0 radical (unpaired) electrons. The van der Waals surface area contributed by atoms with Gasteiger partial charge < -0.3 is 0 Å². The number of benzene rings is 2. The van der Waals surface area contributed by atoms with E-state index in [4.69, 9.17) is 0 Å². The Kier molecular flexibility index (Phi) is 3.67. The van der Waals surface area contributed by atoms with Crippen molar-refractivity contribution in [3.63, 3.8) is 0 Å². The van der Waals surface area contributed by atoms with Crippen molar-refractivity contribution in [1.29, 1.82) is 0 Å². The molecule has 0 unspecified atom stereocenters. The minimum Gasteiger partial charge on any atom is -0.294 e. The first-order valence-electron chi connectivity index (χ1n) is 5.88. The molecule has 0 fully saturated rings. The standard InChI is InChI=1S/C16H15BrO/c1-10-8-13(9-11(2)16(10)17)15-7-5-4-6-14(15)12(3)18/h4-9H,1-3H3. The predicted octanol–water partition coefficient (Wildman–Crippen LogP) is 4.94. The molecule has 0 aromatic heterocycles. The monoisotopic (exact) mass is 302 g/mol. The van der Waals surface area contributed by atoms with Crippen molar-refractivity contribution in [1.82, 2.24) is 0 Å². The van der Waals surface area contributed by atoms with Crippen molar-refractivity contribution >= 4 is 21.7 Å². The van der Waals surface area contributed by atoms with Gasteiger partial charge in [-0.1, -0.05) is 52.3 Å². The highest BCUT2D eigenvalue weighted by Crippen LogP contribution is 2.30. The van der Waals surface area contributed by atoms with Gasteiger partial charge in [-0.3, -0.25) is 4.79 Å². The fourth-order valence-corrected chi connectivity index (χ4v) is 2.37. The lowest BCUT2D eigenvalue weighted by Gasteiger charge is -2.11. The van der Waals surface area contributed by atoms with E-state index in [2.05, 4.69) is 41.9 Å². The van der Waals surface area contributed by atoms with Gasteiger partial charge in [-0.15, -0.1) is 0 Å². The molecule has 2 aromatic carbocycles. The number of hydrogen-bond acceptors (Lipinski definition) is 1. The molecule has 0 saturated heterocycles. The van der Waals surface area contributed by atoms with Crippen LogP contribution in [0.15, 0.2) is 40.9 Å². The number of hydrogen-bond donors (Lipinski definition) is 0. The van der Waals surface area contributed by atoms with E-state index in [9.17, 15) is 4.79 Å². The van der Waals surface area contributed by atoms with Gasteiger partial charge in [0.2, 0.25) is 0 Å². The van der Waals surface area contributed by atoms with Gasteiger partial charge in [0.1, 0.15) is 0 Å². The molecule has 0 saturated carbocycles. The Morgan fingerprint density at radius 1 is 1.06 bits per heavy atom. The van der Waals surface area contributed by atoms with Gasteiger partial charge in [-0.05, 0) is 43.0 Å². The topological polar surface area (TPSA) is 17.1 Å². The first-order valence-corrected chi connectivity index (χ1v) is 6.67. The van der Waals surface area contributed by atoms with Gasteiger partial charge in [-0.2, -0.15) is 0 Å². The van der Waals surface area contributed by atoms with Gasteiger partial charge in [0.05, 0.1) is 0 Å². The Hall–Kier alpha value is -1.41. The normalized spacial score (nSPS) is 10.4. The first kappa shape index (κ1) is 13.0. The molecule has 0 aliphatic carbocycles. The van der Waals surface area contributed by atoms with Crippen LogP contribution in [0.5, 0.6) is 0 Å². The van der Waals surface area contributed by atoms with Gasteiger partial charge in [-0.25, -0.2) is 0 Å². The zero-order chi connectivity index (χ0) is 13.3. The van der Waals surface area contributed by atoms with Gasteiger partial charge in [0.15, 0.2) is 5.78 Å². The van der Waals surface area contributed by atoms with Crippen LogP contribution in [0.3, 0.4) is 0 Å². The van der Waals surface area contributed by atoms with Crippen LogP contribution >= 0.6 is 15.9 Å². The summed E-state index contributed by atoms with van der Waals surface area (Å²) in [6.45, 7) is 5.74. The lowest BCUT2D eigenvalue weighted by atomic mass is 9.95. The van der Waals surface area contributed by atoms with E-state index in [1.54, 1.807) is 6.92 Å². The SMILES string of the molecule is CC(=O)c1ccccc1-c1cc(C)c(Br)c(C)c1. The molecule has 0 aliphatic rings. The summed E-state index contributed by atoms with van der Waals surface area (Å²) in [4.78, 5) is 11.7. The second kappa shape index (κ2) is 5.07. The quantitative estimate of drug-likeness (QED) is 0.718. The molecule has 0 heterocycles. The summed E-state index contributed by atoms with van der Waals surface area (Å²) >= 11 is 3.57. The highest BCUT2D eigenvalue weighted by molar-refractivity contribution is 9.10. The zero-order valence-corrected chi connectivity index (χ0v) is 12.3. The molecule has 92 valence electrons. The van der Waals surface area contributed by atoms with E-state index in [1.807, 2.05) is 24.3 Å². The molecular formula is C16H15BrO. The number of rotatable bonds is 2. The van der Waals surface area contributed by atoms with Gasteiger partial charge in [0, 0.05) is 10.0 Å². The fraction of sp³-hybridized carbons (Fsp3) is 0.188. The molecule has 2 aromatic rings. The van der Waals surface area contributed by atoms with Crippen molar-refractivity contribution < 1.29 is 4.79 Å². The molecule has 0 amide bonds. The summed E-state index contributed by atoms with van der Waals surface area (Å²) < 4.78 is 1.13. The Labute approximate surface area is 116 Å². The van der Waals surface area contributed by atoms with Gasteiger partial charge >= 0.3 is 0 Å². The van der Waals surface area contributed by atoms with Crippen LogP contribution in [0, 0.1) is 13.8 Å². The molecule has 2 heteroatoms. The number of halogens is 1. The van der Waals surface area contributed by atoms with E-state index < -0.39 is 0 Å². The molecule has 0 bridgehead atoms. The lowest BCUT2D eigenvalue weighted by Crippen LogP contribution is -1.96. The minimum absolute atomic E-state index is 0.101. The first-order chi connectivity index (χ1) is 8.50. The van der Waals surface area contributed by atoms with Crippen molar-refractivity contribution in [2.75, 3.05) is 0 Å². The van der Waals surface area contributed by atoms with Crippen LogP contribution in [-0.2, 0) is 0 Å². The zero-order valence-electron chi connectivity index (χ0n) is 10.8. The summed E-state index contributed by atoms with van der Waals surface area (Å²) in [5.41, 5.74) is 5.24. The van der Waals surface area contributed by atoms with E-state index in [0.717, 1.165) is 21.2 Å². The average molecular weight is 303 g/mol. The Morgan fingerprint density at radius 2 is 1.61 bits per heavy atom. The third kappa shape index (κ3) is 2.39. The largest absolute Gasteiger partial charge is 0.294 e. The van der Waals surface area contributed by atoms with Crippen molar-refractivity contribution in [3.05, 3.63) is 57.6 Å². The van der Waals surface area contributed by atoms with Crippen LogP contribution < -0.4 is 0 Å². The van der Waals surface area contributed by atoms with Crippen LogP contribution in [0.2, 0.25) is 0 Å². The summed E-state index contributed by atoms with van der Waals surface area (Å²) in [7, 11) is 0. The molecular weight excluding hydrogens is 288 g/mol. The highest BCUT2D eigenvalue weighted by atomic mass is 79.9. The van der Waals surface area contributed by atoms with Crippen LogP contribution in [0.1, 0.15) is 28.4 Å². The summed E-state index contributed by atoms with van der Waals surface area (Å²) in [5, 5.41) is 0. The number of aryl methyl sites for hydroxylation is 2. The van der Waals surface area contributed by atoms with E-state index >= 15 is 0 Å². The third-order valence-corrected chi connectivity index (χ3v) is 4.30. The molecule has 0 spiro atoms. The lowest BCUT2D eigenvalue weighted by molar-refractivity contribution is 0.101. The molecule has 18 heavy (non-hydrogen) atoms. The summed E-state index contributed by atoms with van der Waals surface area (Å²) in [5.74, 6) is 0.101. The fourth-order valence-electron chi connectivity index (χ4n) is 2.14. The smallest absolute Gasteiger partial charge is 0.160 e. The van der Waals surface area contributed by atoms with Gasteiger partial charge in [0.25, 0.3) is 0 Å². The second-order valence-corrected chi connectivity index (χ2v) is 5.32. The van der Waals surface area contributed by atoms with Crippen LogP contribution in [0.4, 0.5) is 0 Å². The van der Waals surface area contributed by atoms with Crippen molar-refractivity contribution in [2.24, 2.45) is 0 Å². The highest BCUT2D eigenvalue weighted by Gasteiger charge is 2.10. The maximum Gasteiger partial charge on any atom is 0.160 e. The van der Waals surface area contributed by atoms with E-state index in [-0.39, 0.29) is 5.78 Å². The second-order valence-electron chi connectivity index (χ2n) is 4.53. The summed E-state index contributed by atoms with van der Waals surface area (Å²) in [6.07, 6.45) is 0. The Bertz CT molecular complexity index is 591. The average Bonchev–Trinajstić information content (AvgIpc) is 2.35. The Morgan fingerprint density at radius 3 is 2.17 bits per heavy atom. The maximum absolute atomic E-state index is 11.7. The molecule has 0 aliphatic heterocycles. The number of carbonyl (C=O) groups excluding carboxylic acids is 1. The molecule has 1 nitrogen and oxygen atoms in total. The number of carbonyl (C=O) groups is 1. The van der Waals surface area contributed by atoms with Crippen LogP contribution in [-0.4, -0.2) is 5.78 Å². The molecule has 0 N–H and O–H groups in total. The van der Waals surface area contributed by atoms with Crippen molar-refractivity contribution in [3.8, 4) is 11.1 Å². The summed E-state index contributed by atoms with van der Waals surface area (Å²) in [6, 6.07) is 12.0. The van der Waals surface area contributed by atoms with Crippen molar-refractivity contribution in [2.45, 2.75) is 20.8 Å². The maximum atomic E-state index is 11.7. The van der Waals surface area contributed by atoms with E-state index in [0.29, 0.717) is 0 Å². The Balaban J connectivity index is 2.66. The third-order valence-electron chi connectivity index (χ3n) is 3.05. The van der Waals surface area contributed by atoms with Crippen LogP contribution in [0.25, 0.3) is 11.1 Å². The van der Waals surface area contributed by atoms with E-state index in [1.165, 1.54) is 11.1 Å². The molecule has 0 atom stereocenters.